The number of ether oxygens (including phenoxy) is 3. The topological polar surface area (TPSA) is 265 Å². The van der Waals surface area contributed by atoms with E-state index in [4.69, 9.17) is 29.0 Å². The lowest BCUT2D eigenvalue weighted by Gasteiger charge is -2.21. The van der Waals surface area contributed by atoms with E-state index in [0.29, 0.717) is 18.8 Å². The summed E-state index contributed by atoms with van der Waals surface area (Å²) in [6, 6.07) is 1.25. The van der Waals surface area contributed by atoms with Crippen LogP contribution in [0.4, 0.5) is 5.82 Å². The fraction of sp³-hybridized carbons (Fsp3) is 0.857. The van der Waals surface area contributed by atoms with Crippen molar-refractivity contribution in [3.05, 3.63) is 22.7 Å². The summed E-state index contributed by atoms with van der Waals surface area (Å²) in [5.41, 5.74) is 4.58. The highest BCUT2D eigenvalue weighted by molar-refractivity contribution is 7.61. The Bertz CT molecular complexity index is 1570. The molecule has 1 aliphatic heterocycles. The number of esters is 2. The first-order chi connectivity index (χ1) is 29.4. The zero-order chi connectivity index (χ0) is 46.0. The first-order valence-electron chi connectivity index (χ1n) is 22.8. The molecule has 0 amide bonds. The molecule has 0 spiro atoms. The molecule has 0 aromatic carbocycles. The minimum Gasteiger partial charge on any atom is -0.462 e. The number of carbonyl (C=O) groups excluding carboxylic acids is 2. The molecule has 20 heteroatoms. The lowest BCUT2D eigenvalue weighted by Crippen LogP contribution is -2.36. The summed E-state index contributed by atoms with van der Waals surface area (Å²) in [5.74, 6) is 0.207. The number of unbranched alkanes of at least 4 members (excludes halogenated alkanes) is 15. The van der Waals surface area contributed by atoms with Gasteiger partial charge in [-0.1, -0.05) is 143 Å². The van der Waals surface area contributed by atoms with Gasteiger partial charge in [0, 0.05) is 19.0 Å². The Morgan fingerprint density at radius 2 is 1.29 bits per heavy atom. The number of aromatic nitrogens is 2. The molecule has 0 radical (unpaired) electrons. The van der Waals surface area contributed by atoms with Crippen molar-refractivity contribution in [2.24, 2.45) is 11.8 Å². The highest BCUT2D eigenvalue weighted by atomic mass is 31.3. The minimum absolute atomic E-state index is 0.0527. The number of nitrogens with two attached hydrogens (primary N) is 1. The molecule has 0 saturated carbocycles. The molecule has 1 aromatic heterocycles. The molecule has 2 heterocycles. The first kappa shape index (κ1) is 55.9. The molecular weight excluding hydrogens is 848 g/mol. The summed E-state index contributed by atoms with van der Waals surface area (Å²) in [5, 5.41) is 20.8. The summed E-state index contributed by atoms with van der Waals surface area (Å²) in [6.07, 6.45) is 15.3. The predicted molar refractivity (Wildman–Crippen MR) is 234 cm³/mol. The summed E-state index contributed by atoms with van der Waals surface area (Å²) in [7, 11) is -10.8. The summed E-state index contributed by atoms with van der Waals surface area (Å²) in [6.45, 7) is 6.68. The molecule has 62 heavy (non-hydrogen) atoms. The van der Waals surface area contributed by atoms with Crippen LogP contribution in [0.15, 0.2) is 17.1 Å². The van der Waals surface area contributed by atoms with Crippen LogP contribution in [0.5, 0.6) is 0 Å². The van der Waals surface area contributed by atoms with E-state index < -0.39 is 83.7 Å². The smallest absolute Gasteiger partial charge is 0.462 e. The van der Waals surface area contributed by atoms with E-state index in [0.717, 1.165) is 68.0 Å². The predicted octanol–water partition coefficient (Wildman–Crippen LogP) is 8.04. The van der Waals surface area contributed by atoms with Crippen LogP contribution < -0.4 is 11.4 Å². The Labute approximate surface area is 368 Å². The van der Waals surface area contributed by atoms with Gasteiger partial charge in [0.05, 0.1) is 13.2 Å². The van der Waals surface area contributed by atoms with Gasteiger partial charge in [0.1, 0.15) is 30.7 Å². The maximum Gasteiger partial charge on any atom is 0.481 e. The van der Waals surface area contributed by atoms with Crippen LogP contribution in [0.3, 0.4) is 0 Å². The molecule has 8 atom stereocenters. The van der Waals surface area contributed by atoms with E-state index in [1.807, 2.05) is 0 Å². The maximum atomic E-state index is 12.8. The Morgan fingerprint density at radius 1 is 0.774 bits per heavy atom. The maximum absolute atomic E-state index is 12.8. The highest BCUT2D eigenvalue weighted by Crippen LogP contribution is 2.60. The second kappa shape index (κ2) is 30.8. The molecule has 0 bridgehead atoms. The number of nitrogen functional groups attached to an aromatic ring is 1. The third-order valence-corrected chi connectivity index (χ3v) is 13.5. The summed E-state index contributed by atoms with van der Waals surface area (Å²) in [4.78, 5) is 61.6. The van der Waals surface area contributed by atoms with Crippen molar-refractivity contribution in [1.29, 1.82) is 0 Å². The SMILES string of the molecule is CCC(C)CCCCCCCCCCCCC(=O)OC[C@H](COP(=O)(O)OP(=O)(O)OC[C@H]1O[C@@H](n2ccc(N)nc2=O)C(O)[C@H]1O)OC(=O)CCCCCCCCCC(C)C. The third-order valence-electron chi connectivity index (χ3n) is 10.9. The highest BCUT2D eigenvalue weighted by Gasteiger charge is 2.46. The van der Waals surface area contributed by atoms with Crippen LogP contribution in [0, 0.1) is 11.8 Å². The molecule has 1 aromatic rings. The van der Waals surface area contributed by atoms with Gasteiger partial charge in [-0.25, -0.2) is 13.9 Å². The van der Waals surface area contributed by atoms with Crippen molar-refractivity contribution in [3.8, 4) is 0 Å². The monoisotopic (exact) mass is 925 g/mol. The number of hydrogen-bond donors (Lipinski definition) is 5. The fourth-order valence-corrected chi connectivity index (χ4v) is 9.05. The number of aliphatic hydroxyl groups excluding tert-OH is 2. The van der Waals surface area contributed by atoms with Gasteiger partial charge in [-0.05, 0) is 30.7 Å². The first-order valence-corrected chi connectivity index (χ1v) is 25.8. The van der Waals surface area contributed by atoms with Gasteiger partial charge >= 0.3 is 33.3 Å². The molecule has 1 aliphatic rings. The fourth-order valence-electron chi connectivity index (χ4n) is 6.94. The lowest BCUT2D eigenvalue weighted by atomic mass is 9.99. The van der Waals surface area contributed by atoms with Gasteiger partial charge in [-0.3, -0.25) is 23.2 Å². The van der Waals surface area contributed by atoms with Gasteiger partial charge in [0.2, 0.25) is 0 Å². The number of aliphatic hydroxyl groups is 2. The van der Waals surface area contributed by atoms with Crippen LogP contribution in [0.2, 0.25) is 0 Å². The van der Waals surface area contributed by atoms with Crippen LogP contribution in [-0.4, -0.2) is 85.7 Å². The number of phosphoric acid groups is 2. The van der Waals surface area contributed by atoms with Crippen molar-refractivity contribution >= 4 is 33.4 Å². The summed E-state index contributed by atoms with van der Waals surface area (Å²) < 4.78 is 56.5. The van der Waals surface area contributed by atoms with Crippen LogP contribution in [0.1, 0.15) is 175 Å². The van der Waals surface area contributed by atoms with Crippen molar-refractivity contribution in [1.82, 2.24) is 9.55 Å². The number of anilines is 1. The largest absolute Gasteiger partial charge is 0.481 e. The molecule has 2 rings (SSSR count). The van der Waals surface area contributed by atoms with E-state index in [1.165, 1.54) is 70.3 Å². The molecule has 0 aliphatic carbocycles. The molecule has 18 nitrogen and oxygen atoms in total. The van der Waals surface area contributed by atoms with Crippen molar-refractivity contribution in [2.45, 2.75) is 200 Å². The van der Waals surface area contributed by atoms with Crippen LogP contribution >= 0.6 is 15.6 Å². The molecule has 6 N–H and O–H groups in total. The van der Waals surface area contributed by atoms with Gasteiger partial charge in [0.25, 0.3) is 0 Å². The second-order valence-corrected chi connectivity index (χ2v) is 20.0. The van der Waals surface area contributed by atoms with E-state index in [-0.39, 0.29) is 18.7 Å². The standard InChI is InChI=1S/C42H77N3O15P2/c1-5-33(4)24-20-16-12-8-6-7-9-13-17-21-25-37(46)55-29-34(58-38(47)26-22-18-14-10-11-15-19-23-32(2)3)30-56-61(51,52)60-62(53,54)57-31-35-39(48)40(49)41(59-35)45-28-27-36(43)44-42(45)50/h27-28,32-35,39-41,48-49H,5-26,29-31H2,1-4H3,(H,51,52)(H,53,54)(H2,43,44,50)/t33?,34-,35-,39+,40?,41-/m1/s1. The normalized spacial score (nSPS) is 20.7. The molecule has 360 valence electrons. The van der Waals surface area contributed by atoms with Gasteiger partial charge in [0.15, 0.2) is 12.3 Å². The molecule has 4 unspecified atom stereocenters. The third kappa shape index (κ3) is 24.7. The van der Waals surface area contributed by atoms with Crippen molar-refractivity contribution < 1.29 is 66.3 Å². The van der Waals surface area contributed by atoms with E-state index in [1.54, 1.807) is 0 Å². The lowest BCUT2D eigenvalue weighted by molar-refractivity contribution is -0.161. The zero-order valence-electron chi connectivity index (χ0n) is 37.5. The number of hydrogen-bond acceptors (Lipinski definition) is 15. The van der Waals surface area contributed by atoms with Crippen LogP contribution in [0.25, 0.3) is 0 Å². The Morgan fingerprint density at radius 3 is 1.84 bits per heavy atom. The zero-order valence-corrected chi connectivity index (χ0v) is 39.3. The Kier molecular flexibility index (Phi) is 27.8. The second-order valence-electron chi connectivity index (χ2n) is 17.0. The van der Waals surface area contributed by atoms with Gasteiger partial charge < -0.3 is 39.9 Å². The average molecular weight is 926 g/mol. The summed E-state index contributed by atoms with van der Waals surface area (Å²) >= 11 is 0. The van der Waals surface area contributed by atoms with Gasteiger partial charge in [-0.2, -0.15) is 9.29 Å². The van der Waals surface area contributed by atoms with E-state index in [2.05, 4.69) is 37.0 Å². The minimum atomic E-state index is -5.41. The van der Waals surface area contributed by atoms with Gasteiger partial charge in [-0.15, -0.1) is 0 Å². The average Bonchev–Trinajstić information content (AvgIpc) is 3.48. The van der Waals surface area contributed by atoms with Crippen molar-refractivity contribution in [2.75, 3.05) is 25.6 Å². The van der Waals surface area contributed by atoms with E-state index >= 15 is 0 Å². The quantitative estimate of drug-likeness (QED) is 0.0242. The van der Waals surface area contributed by atoms with E-state index in [9.17, 15) is 43.5 Å². The number of rotatable bonds is 36. The van der Waals surface area contributed by atoms with Crippen LogP contribution in [-0.2, 0) is 46.3 Å². The van der Waals surface area contributed by atoms with Crippen molar-refractivity contribution in [3.63, 3.8) is 0 Å². The molecular formula is C42H77N3O15P2. The number of carbonyl (C=O) groups is 2. The number of phosphoric ester groups is 2. The Balaban J connectivity index is 1.83. The molecule has 1 saturated heterocycles. The molecule has 1 fully saturated rings. The Hall–Kier alpha value is -2.24. The number of nitrogens with zero attached hydrogens (tertiary/aromatic N) is 2.